The van der Waals surface area contributed by atoms with Crippen molar-refractivity contribution in [1.29, 1.82) is 0 Å². The normalized spacial score (nSPS) is 10.0. The number of nitrogens with one attached hydrogen (secondary N) is 2. The molecule has 0 aromatic heterocycles. The van der Waals surface area contributed by atoms with Gasteiger partial charge in [-0.25, -0.2) is 9.18 Å². The Morgan fingerprint density at radius 1 is 1.30 bits per heavy atom. The maximum absolute atomic E-state index is 12.9. The molecule has 110 valence electrons. The van der Waals surface area contributed by atoms with Gasteiger partial charge in [0.1, 0.15) is 5.82 Å². The molecule has 0 unspecified atom stereocenters. The topological polar surface area (TPSA) is 61.4 Å². The summed E-state index contributed by atoms with van der Waals surface area (Å²) in [5.41, 5.74) is 0.691. The standard InChI is InChI=1S/C13H17ClFN3O2/c1-18(2)12(19)5-6-16-13(20)17-8-9-3-4-11(15)10(14)7-9/h3-4,7H,5-6,8H2,1-2H3,(H2,16,17,20). The number of carbonyl (C=O) groups excluding carboxylic acids is 2. The molecule has 0 aliphatic rings. The maximum atomic E-state index is 12.9. The number of nitrogens with zero attached hydrogens (tertiary/aromatic N) is 1. The monoisotopic (exact) mass is 301 g/mol. The molecule has 1 aromatic rings. The van der Waals surface area contributed by atoms with Gasteiger partial charge in [0, 0.05) is 33.6 Å². The zero-order valence-corrected chi connectivity index (χ0v) is 12.1. The van der Waals surface area contributed by atoms with Gasteiger partial charge in [-0.3, -0.25) is 4.79 Å². The predicted molar refractivity (Wildman–Crippen MR) is 75.0 cm³/mol. The van der Waals surface area contributed by atoms with Crippen LogP contribution < -0.4 is 10.6 Å². The highest BCUT2D eigenvalue weighted by molar-refractivity contribution is 6.30. The van der Waals surface area contributed by atoms with Crippen molar-refractivity contribution in [3.63, 3.8) is 0 Å². The van der Waals surface area contributed by atoms with Gasteiger partial charge >= 0.3 is 6.03 Å². The van der Waals surface area contributed by atoms with Crippen LogP contribution in [0.5, 0.6) is 0 Å². The lowest BCUT2D eigenvalue weighted by Crippen LogP contribution is -2.37. The molecular formula is C13H17ClFN3O2. The second kappa shape index (κ2) is 7.69. The van der Waals surface area contributed by atoms with Gasteiger partial charge in [0.15, 0.2) is 0 Å². The number of hydrogen-bond donors (Lipinski definition) is 2. The van der Waals surface area contributed by atoms with Crippen LogP contribution >= 0.6 is 11.6 Å². The summed E-state index contributed by atoms with van der Waals surface area (Å²) < 4.78 is 12.9. The minimum Gasteiger partial charge on any atom is -0.349 e. The summed E-state index contributed by atoms with van der Waals surface area (Å²) in [6, 6.07) is 3.84. The number of hydrogen-bond acceptors (Lipinski definition) is 2. The van der Waals surface area contributed by atoms with Crippen molar-refractivity contribution in [2.45, 2.75) is 13.0 Å². The summed E-state index contributed by atoms with van der Waals surface area (Å²) in [6.07, 6.45) is 0.239. The molecule has 0 radical (unpaired) electrons. The zero-order chi connectivity index (χ0) is 15.1. The smallest absolute Gasteiger partial charge is 0.315 e. The molecule has 2 N–H and O–H groups in total. The van der Waals surface area contributed by atoms with E-state index in [0.29, 0.717) is 5.56 Å². The molecule has 3 amide bonds. The number of halogens is 2. The van der Waals surface area contributed by atoms with E-state index in [2.05, 4.69) is 10.6 Å². The van der Waals surface area contributed by atoms with Crippen LogP contribution in [0.1, 0.15) is 12.0 Å². The highest BCUT2D eigenvalue weighted by atomic mass is 35.5. The van der Waals surface area contributed by atoms with E-state index in [4.69, 9.17) is 11.6 Å². The molecular weight excluding hydrogens is 285 g/mol. The summed E-state index contributed by atoms with van der Waals surface area (Å²) in [6.45, 7) is 0.487. The molecule has 7 heteroatoms. The zero-order valence-electron chi connectivity index (χ0n) is 11.4. The molecule has 0 saturated heterocycles. The third-order valence-electron chi connectivity index (χ3n) is 2.56. The molecule has 0 aliphatic heterocycles. The van der Waals surface area contributed by atoms with E-state index >= 15 is 0 Å². The Morgan fingerprint density at radius 3 is 2.60 bits per heavy atom. The first kappa shape index (κ1) is 16.2. The van der Waals surface area contributed by atoms with Gasteiger partial charge in [0.05, 0.1) is 5.02 Å². The van der Waals surface area contributed by atoms with Crippen LogP contribution in [-0.2, 0) is 11.3 Å². The van der Waals surface area contributed by atoms with Gasteiger partial charge in [0.2, 0.25) is 5.91 Å². The fourth-order valence-corrected chi connectivity index (χ4v) is 1.60. The fourth-order valence-electron chi connectivity index (χ4n) is 1.40. The second-order valence-electron chi connectivity index (χ2n) is 4.40. The molecule has 1 aromatic carbocycles. The SMILES string of the molecule is CN(C)C(=O)CCNC(=O)NCc1ccc(F)c(Cl)c1. The van der Waals surface area contributed by atoms with Crippen LogP contribution in [-0.4, -0.2) is 37.5 Å². The Morgan fingerprint density at radius 2 is 2.00 bits per heavy atom. The summed E-state index contributed by atoms with van der Waals surface area (Å²) in [4.78, 5) is 24.2. The van der Waals surface area contributed by atoms with E-state index in [-0.39, 0.29) is 30.4 Å². The first-order valence-electron chi connectivity index (χ1n) is 6.06. The van der Waals surface area contributed by atoms with Crippen molar-refractivity contribution in [1.82, 2.24) is 15.5 Å². The van der Waals surface area contributed by atoms with Crippen LogP contribution in [0.3, 0.4) is 0 Å². The van der Waals surface area contributed by atoms with E-state index < -0.39 is 11.8 Å². The molecule has 0 bridgehead atoms. The minimum atomic E-state index is -0.498. The van der Waals surface area contributed by atoms with Crippen LogP contribution in [0.25, 0.3) is 0 Å². The lowest BCUT2D eigenvalue weighted by atomic mass is 10.2. The Hall–Kier alpha value is -1.82. The first-order chi connectivity index (χ1) is 9.40. The van der Waals surface area contributed by atoms with Crippen molar-refractivity contribution in [2.75, 3.05) is 20.6 Å². The Balaban J connectivity index is 2.29. The van der Waals surface area contributed by atoms with Gasteiger partial charge < -0.3 is 15.5 Å². The maximum Gasteiger partial charge on any atom is 0.315 e. The van der Waals surface area contributed by atoms with Crippen LogP contribution in [0.2, 0.25) is 5.02 Å². The summed E-state index contributed by atoms with van der Waals surface area (Å²) in [5, 5.41) is 5.17. The Bertz CT molecular complexity index is 495. The molecule has 20 heavy (non-hydrogen) atoms. The average Bonchev–Trinajstić information content (AvgIpc) is 2.40. The lowest BCUT2D eigenvalue weighted by molar-refractivity contribution is -0.128. The van der Waals surface area contributed by atoms with Crippen LogP contribution in [0.15, 0.2) is 18.2 Å². The Labute approximate surface area is 122 Å². The summed E-state index contributed by atoms with van der Waals surface area (Å²) in [5.74, 6) is -0.558. The average molecular weight is 302 g/mol. The van der Waals surface area contributed by atoms with E-state index in [0.717, 1.165) is 0 Å². The largest absolute Gasteiger partial charge is 0.349 e. The van der Waals surface area contributed by atoms with Gasteiger partial charge in [-0.1, -0.05) is 17.7 Å². The molecule has 0 fully saturated rings. The molecule has 0 spiro atoms. The van der Waals surface area contributed by atoms with Gasteiger partial charge in [0.25, 0.3) is 0 Å². The van der Waals surface area contributed by atoms with Crippen molar-refractivity contribution in [3.8, 4) is 0 Å². The van der Waals surface area contributed by atoms with E-state index in [9.17, 15) is 14.0 Å². The summed E-state index contributed by atoms with van der Waals surface area (Å²) in [7, 11) is 3.31. The third kappa shape index (κ3) is 5.44. The van der Waals surface area contributed by atoms with E-state index in [1.54, 1.807) is 14.1 Å². The van der Waals surface area contributed by atoms with Gasteiger partial charge in [-0.05, 0) is 17.7 Å². The molecule has 0 aliphatic carbocycles. The molecule has 0 saturated carbocycles. The number of urea groups is 1. The van der Waals surface area contributed by atoms with E-state index in [1.165, 1.54) is 23.1 Å². The molecule has 0 atom stereocenters. The van der Waals surface area contributed by atoms with Crippen molar-refractivity contribution >= 4 is 23.5 Å². The number of rotatable bonds is 5. The second-order valence-corrected chi connectivity index (χ2v) is 4.80. The number of carbonyl (C=O) groups is 2. The lowest BCUT2D eigenvalue weighted by Gasteiger charge is -2.11. The van der Waals surface area contributed by atoms with Gasteiger partial charge in [-0.2, -0.15) is 0 Å². The van der Waals surface area contributed by atoms with Crippen molar-refractivity contribution in [2.24, 2.45) is 0 Å². The molecule has 0 heterocycles. The highest BCUT2D eigenvalue weighted by Gasteiger charge is 2.06. The quantitative estimate of drug-likeness (QED) is 0.870. The molecule has 5 nitrogen and oxygen atoms in total. The van der Waals surface area contributed by atoms with E-state index in [1.807, 2.05) is 0 Å². The third-order valence-corrected chi connectivity index (χ3v) is 2.85. The Kier molecular flexibility index (Phi) is 6.24. The van der Waals surface area contributed by atoms with Crippen LogP contribution in [0.4, 0.5) is 9.18 Å². The number of amides is 3. The first-order valence-corrected chi connectivity index (χ1v) is 6.43. The van der Waals surface area contributed by atoms with Crippen molar-refractivity contribution < 1.29 is 14.0 Å². The minimum absolute atomic E-state index is 0.0151. The highest BCUT2D eigenvalue weighted by Crippen LogP contribution is 2.15. The van der Waals surface area contributed by atoms with Gasteiger partial charge in [-0.15, -0.1) is 0 Å². The van der Waals surface area contributed by atoms with Crippen LogP contribution in [0, 0.1) is 5.82 Å². The van der Waals surface area contributed by atoms with Crippen molar-refractivity contribution in [3.05, 3.63) is 34.6 Å². The molecule has 1 rings (SSSR count). The summed E-state index contributed by atoms with van der Waals surface area (Å²) >= 11 is 5.63. The predicted octanol–water partition coefficient (Wildman–Crippen LogP) is 1.76. The number of benzene rings is 1. The fraction of sp³-hybridized carbons (Fsp3) is 0.385.